The molecule has 1 heterocycles. The van der Waals surface area contributed by atoms with Crippen molar-refractivity contribution in [1.82, 2.24) is 0 Å². The molecule has 7 heteroatoms. The van der Waals surface area contributed by atoms with Gasteiger partial charge in [0.1, 0.15) is 12.5 Å². The van der Waals surface area contributed by atoms with E-state index in [1.165, 1.54) is 19.1 Å². The summed E-state index contributed by atoms with van der Waals surface area (Å²) in [7, 11) is 0. The van der Waals surface area contributed by atoms with Gasteiger partial charge < -0.3 is 19.7 Å². The second kappa shape index (κ2) is 5.77. The molecule has 1 aliphatic carbocycles. The van der Waals surface area contributed by atoms with Gasteiger partial charge in [-0.05, 0) is 13.8 Å². The zero-order valence-electron chi connectivity index (χ0n) is 13.5. The van der Waals surface area contributed by atoms with Crippen LogP contribution in [0.15, 0.2) is 29.3 Å². The van der Waals surface area contributed by atoms with Gasteiger partial charge >= 0.3 is 5.97 Å². The lowest BCUT2D eigenvalue weighted by atomic mass is 9.79. The molecule has 3 rings (SSSR count). The van der Waals surface area contributed by atoms with E-state index in [1.54, 1.807) is 12.1 Å². The van der Waals surface area contributed by atoms with E-state index < -0.39 is 29.0 Å². The monoisotopic (exact) mass is 333 g/mol. The van der Waals surface area contributed by atoms with E-state index in [4.69, 9.17) is 9.47 Å². The molecule has 2 N–H and O–H groups in total. The van der Waals surface area contributed by atoms with Crippen LogP contribution in [0.5, 0.6) is 0 Å². The summed E-state index contributed by atoms with van der Waals surface area (Å²) < 4.78 is 10.2. The maximum atomic E-state index is 12.7. The zero-order valence-corrected chi connectivity index (χ0v) is 13.5. The lowest BCUT2D eigenvalue weighted by Gasteiger charge is -2.31. The van der Waals surface area contributed by atoms with Crippen molar-refractivity contribution in [1.29, 1.82) is 0 Å². The fourth-order valence-electron chi connectivity index (χ4n) is 3.42. The number of aliphatic hydroxyl groups is 2. The third-order valence-corrected chi connectivity index (χ3v) is 4.51. The number of hydrogen-bond donors (Lipinski definition) is 2. The van der Waals surface area contributed by atoms with E-state index in [0.29, 0.717) is 6.61 Å². The number of esters is 1. The molecule has 0 amide bonds. The average Bonchev–Trinajstić information content (AvgIpc) is 2.87. The van der Waals surface area contributed by atoms with Gasteiger partial charge in [0.15, 0.2) is 5.60 Å². The highest BCUT2D eigenvalue weighted by Gasteiger charge is 2.72. The number of hydrogen-bond acceptors (Lipinski definition) is 7. The number of nitrogens with zero attached hydrogens (tertiary/aromatic N) is 1. The van der Waals surface area contributed by atoms with E-state index >= 15 is 0 Å². The first-order valence-electron chi connectivity index (χ1n) is 7.77. The maximum Gasteiger partial charge on any atom is 0.318 e. The van der Waals surface area contributed by atoms with Crippen LogP contribution in [0.3, 0.4) is 0 Å². The molecule has 1 aliphatic heterocycles. The molecule has 1 aromatic rings. The Bertz CT molecular complexity index is 730. The van der Waals surface area contributed by atoms with Crippen molar-refractivity contribution in [2.24, 2.45) is 10.9 Å². The molecule has 1 aromatic carbocycles. The minimum atomic E-state index is -2.39. The molecule has 7 nitrogen and oxygen atoms in total. The minimum absolute atomic E-state index is 0.00784. The SMILES string of the molecule is CCOCCOC(=O)[C@@H]1C(C)=N[C@@]2(O)c3ccccc3C(=O)[C@]12O. The van der Waals surface area contributed by atoms with Crippen molar-refractivity contribution in [3.8, 4) is 0 Å². The van der Waals surface area contributed by atoms with Crippen molar-refractivity contribution >= 4 is 17.5 Å². The molecular formula is C17H19NO6. The van der Waals surface area contributed by atoms with Crippen molar-refractivity contribution in [3.63, 3.8) is 0 Å². The van der Waals surface area contributed by atoms with Crippen LogP contribution in [0, 0.1) is 5.92 Å². The smallest absolute Gasteiger partial charge is 0.318 e. The molecule has 0 aromatic heterocycles. The topological polar surface area (TPSA) is 105 Å². The molecule has 24 heavy (non-hydrogen) atoms. The second-order valence-corrected chi connectivity index (χ2v) is 5.86. The Hall–Kier alpha value is -2.09. The third kappa shape index (κ3) is 2.05. The van der Waals surface area contributed by atoms with Crippen LogP contribution in [0.25, 0.3) is 0 Å². The summed E-state index contributed by atoms with van der Waals surface area (Å²) >= 11 is 0. The summed E-state index contributed by atoms with van der Waals surface area (Å²) in [5.41, 5.74) is -4.05. The molecule has 128 valence electrons. The van der Waals surface area contributed by atoms with Gasteiger partial charge in [0.2, 0.25) is 11.5 Å². The molecule has 0 saturated heterocycles. The number of Topliss-reactive ketones (excluding diaryl/α,β-unsaturated/α-hetero) is 1. The number of carbonyl (C=O) groups excluding carboxylic acids is 2. The molecule has 2 aliphatic rings. The highest BCUT2D eigenvalue weighted by Crippen LogP contribution is 2.53. The van der Waals surface area contributed by atoms with Gasteiger partial charge in [-0.25, -0.2) is 0 Å². The molecule has 0 radical (unpaired) electrons. The fourth-order valence-corrected chi connectivity index (χ4v) is 3.42. The Morgan fingerprint density at radius 1 is 1.29 bits per heavy atom. The van der Waals surface area contributed by atoms with Crippen LogP contribution in [0.2, 0.25) is 0 Å². The van der Waals surface area contributed by atoms with E-state index in [1.807, 2.05) is 6.92 Å². The van der Waals surface area contributed by atoms with Gasteiger partial charge in [0.05, 0.1) is 6.61 Å². The number of ketones is 1. The van der Waals surface area contributed by atoms with Crippen molar-refractivity contribution < 1.29 is 29.3 Å². The summed E-state index contributed by atoms with van der Waals surface area (Å²) in [6, 6.07) is 6.27. The first kappa shape index (κ1) is 16.8. The fraction of sp³-hybridized carbons (Fsp3) is 0.471. The largest absolute Gasteiger partial charge is 0.463 e. The normalized spacial score (nSPS) is 30.8. The van der Waals surface area contributed by atoms with Gasteiger partial charge in [0.25, 0.3) is 0 Å². The lowest BCUT2D eigenvalue weighted by Crippen LogP contribution is -2.56. The lowest BCUT2D eigenvalue weighted by molar-refractivity contribution is -0.166. The van der Waals surface area contributed by atoms with E-state index in [0.717, 1.165) is 0 Å². The molecule has 0 saturated carbocycles. The van der Waals surface area contributed by atoms with E-state index in [-0.39, 0.29) is 30.1 Å². The Morgan fingerprint density at radius 3 is 2.71 bits per heavy atom. The minimum Gasteiger partial charge on any atom is -0.463 e. The molecular weight excluding hydrogens is 314 g/mol. The quantitative estimate of drug-likeness (QED) is 0.598. The summed E-state index contributed by atoms with van der Waals surface area (Å²) in [4.78, 5) is 29.2. The van der Waals surface area contributed by atoms with Gasteiger partial charge in [-0.3, -0.25) is 14.6 Å². The molecule has 0 unspecified atom stereocenters. The number of ether oxygens (including phenoxy) is 2. The Labute approximate surface area is 138 Å². The van der Waals surface area contributed by atoms with Crippen molar-refractivity contribution in [3.05, 3.63) is 35.4 Å². The Kier molecular flexibility index (Phi) is 4.03. The Balaban J connectivity index is 1.94. The predicted molar refractivity (Wildman–Crippen MR) is 83.7 cm³/mol. The second-order valence-electron chi connectivity index (χ2n) is 5.86. The van der Waals surface area contributed by atoms with Gasteiger partial charge in [-0.15, -0.1) is 0 Å². The van der Waals surface area contributed by atoms with Crippen molar-refractivity contribution in [2.45, 2.75) is 25.2 Å². The highest BCUT2D eigenvalue weighted by atomic mass is 16.6. The summed E-state index contributed by atoms with van der Waals surface area (Å²) in [5, 5.41) is 22.0. The Morgan fingerprint density at radius 2 is 2.00 bits per heavy atom. The number of rotatable bonds is 5. The maximum absolute atomic E-state index is 12.7. The highest BCUT2D eigenvalue weighted by molar-refractivity contribution is 6.18. The standard InChI is InChI=1S/C17H19NO6/c1-3-23-8-9-24-15(20)13-10(2)18-17(22)12-7-5-4-6-11(12)14(19)16(13,17)21/h4-7,13,21-22H,3,8-9H2,1-2H3/t13-,16+,17+/m0/s1. The van der Waals surface area contributed by atoms with Crippen LogP contribution in [-0.4, -0.2) is 53.1 Å². The number of aliphatic imine (C=N–C) groups is 1. The third-order valence-electron chi connectivity index (χ3n) is 4.51. The number of benzene rings is 1. The van der Waals surface area contributed by atoms with Gasteiger partial charge in [-0.1, -0.05) is 24.3 Å². The average molecular weight is 333 g/mol. The van der Waals surface area contributed by atoms with Crippen molar-refractivity contribution in [2.75, 3.05) is 19.8 Å². The number of carbonyl (C=O) groups is 2. The first-order chi connectivity index (χ1) is 11.4. The van der Waals surface area contributed by atoms with E-state index in [2.05, 4.69) is 4.99 Å². The van der Waals surface area contributed by atoms with Crippen LogP contribution >= 0.6 is 0 Å². The molecule has 0 bridgehead atoms. The molecule has 0 spiro atoms. The van der Waals surface area contributed by atoms with E-state index in [9.17, 15) is 19.8 Å². The molecule has 3 atom stereocenters. The summed E-state index contributed by atoms with van der Waals surface area (Å²) in [5.74, 6) is -2.90. The zero-order chi connectivity index (χ0) is 17.5. The predicted octanol–water partition coefficient (Wildman–Crippen LogP) is 0.430. The summed E-state index contributed by atoms with van der Waals surface area (Å²) in [6.45, 7) is 3.98. The number of fused-ring (bicyclic) bond motifs is 3. The first-order valence-corrected chi connectivity index (χ1v) is 7.77. The summed E-state index contributed by atoms with van der Waals surface area (Å²) in [6.07, 6.45) is 0. The van der Waals surface area contributed by atoms with Crippen LogP contribution in [0.4, 0.5) is 0 Å². The van der Waals surface area contributed by atoms with Crippen LogP contribution in [0.1, 0.15) is 29.8 Å². The molecule has 0 fully saturated rings. The van der Waals surface area contributed by atoms with Crippen LogP contribution < -0.4 is 0 Å². The van der Waals surface area contributed by atoms with Gasteiger partial charge in [0, 0.05) is 23.4 Å². The van der Waals surface area contributed by atoms with Gasteiger partial charge in [-0.2, -0.15) is 0 Å². The van der Waals surface area contributed by atoms with Crippen LogP contribution in [-0.2, 0) is 20.0 Å².